The summed E-state index contributed by atoms with van der Waals surface area (Å²) in [4.78, 5) is 11.0. The van der Waals surface area contributed by atoms with Crippen molar-refractivity contribution in [2.75, 3.05) is 20.1 Å². The SMILES string of the molecule is Cc1ccc(NC(=O)Nc2ccc(C)c(S(=O)(=O)Nc3cccc4cc(O)cc(S(=O)(=O)O)c34)c2)cc1S(=O)(=O)Nc1cccc2cc(O)cc(S(=O)(=O)O)c12. The van der Waals surface area contributed by atoms with Gasteiger partial charge in [-0.05, 0) is 84.3 Å². The molecule has 0 atom stereocenters. The third-order valence-corrected chi connectivity index (χ3v) is 13.1. The normalized spacial score (nSPS) is 12.4. The van der Waals surface area contributed by atoms with E-state index in [9.17, 15) is 57.8 Å². The first kappa shape index (κ1) is 39.7. The number of urea groups is 1. The van der Waals surface area contributed by atoms with E-state index in [0.29, 0.717) is 0 Å². The molecule has 0 aliphatic carbocycles. The fourth-order valence-corrected chi connectivity index (χ4v) is 10.1. The standard InChI is InChI=1S/C35H30N4O13S4/c1-19-9-11-23(15-29(19)53(43,44)38-27-7-3-5-21-13-25(40)17-31(33(21)27)55(47,48)49)36-35(42)37-24-12-10-20(2)30(16-24)54(45,46)39-28-8-4-6-22-14-26(41)18-32(34(22)28)56(50,51)52/h3-18,38-41H,1-2H3,(H2,36,37,42)(H,47,48,49)(H,50,51,52). The molecule has 8 N–H and O–H groups in total. The van der Waals surface area contributed by atoms with Crippen LogP contribution in [0.4, 0.5) is 27.5 Å². The van der Waals surface area contributed by atoms with Crippen LogP contribution in [0.1, 0.15) is 11.1 Å². The molecule has 0 unspecified atom stereocenters. The lowest BCUT2D eigenvalue weighted by Gasteiger charge is -2.16. The van der Waals surface area contributed by atoms with Crippen molar-refractivity contribution in [3.8, 4) is 11.5 Å². The first-order chi connectivity index (χ1) is 26.0. The average Bonchev–Trinajstić information content (AvgIpc) is 3.08. The van der Waals surface area contributed by atoms with E-state index in [1.807, 2.05) is 0 Å². The van der Waals surface area contributed by atoms with Crippen LogP contribution in [-0.4, -0.2) is 59.0 Å². The first-order valence-electron chi connectivity index (χ1n) is 15.8. The van der Waals surface area contributed by atoms with Crippen LogP contribution in [0.25, 0.3) is 21.5 Å². The van der Waals surface area contributed by atoms with Gasteiger partial charge in [0.05, 0.1) is 21.2 Å². The second-order valence-electron chi connectivity index (χ2n) is 12.4. The molecule has 21 heteroatoms. The van der Waals surface area contributed by atoms with E-state index >= 15 is 0 Å². The first-order valence-corrected chi connectivity index (χ1v) is 21.7. The number of hydrogen-bond donors (Lipinski definition) is 8. The smallest absolute Gasteiger partial charge is 0.323 e. The van der Waals surface area contributed by atoms with Gasteiger partial charge in [-0.2, -0.15) is 16.8 Å². The topological polar surface area (TPSA) is 283 Å². The molecule has 0 heterocycles. The van der Waals surface area contributed by atoms with Crippen molar-refractivity contribution < 1.29 is 57.8 Å². The number of phenols is 2. The minimum Gasteiger partial charge on any atom is -0.508 e. The van der Waals surface area contributed by atoms with E-state index in [4.69, 9.17) is 0 Å². The fourth-order valence-electron chi connectivity index (χ4n) is 5.95. The van der Waals surface area contributed by atoms with Crippen LogP contribution < -0.4 is 20.1 Å². The summed E-state index contributed by atoms with van der Waals surface area (Å²) in [7, 11) is -18.8. The van der Waals surface area contributed by atoms with Crippen molar-refractivity contribution >= 4 is 90.6 Å². The number of carbonyl (C=O) groups excluding carboxylic acids is 1. The number of amides is 2. The number of nitrogens with one attached hydrogen (secondary N) is 4. The lowest BCUT2D eigenvalue weighted by atomic mass is 10.1. The lowest BCUT2D eigenvalue weighted by Crippen LogP contribution is -2.21. The molecule has 0 radical (unpaired) electrons. The van der Waals surface area contributed by atoms with Gasteiger partial charge >= 0.3 is 6.03 Å². The number of hydrogen-bond acceptors (Lipinski definition) is 11. The third-order valence-electron chi connectivity index (χ3n) is 8.37. The van der Waals surface area contributed by atoms with Gasteiger partial charge in [0.25, 0.3) is 40.3 Å². The predicted octanol–water partition coefficient (Wildman–Crippen LogP) is 5.76. The third kappa shape index (κ3) is 8.17. The van der Waals surface area contributed by atoms with Crippen molar-refractivity contribution in [1.29, 1.82) is 0 Å². The van der Waals surface area contributed by atoms with Crippen LogP contribution in [0.5, 0.6) is 11.5 Å². The van der Waals surface area contributed by atoms with Crippen LogP contribution in [-0.2, 0) is 40.3 Å². The van der Waals surface area contributed by atoms with Crippen LogP contribution >= 0.6 is 0 Å². The number of benzene rings is 6. The Hall–Kier alpha value is -5.97. The van der Waals surface area contributed by atoms with E-state index in [1.165, 1.54) is 86.6 Å². The quantitative estimate of drug-likeness (QED) is 0.0763. The summed E-state index contributed by atoms with van der Waals surface area (Å²) >= 11 is 0. The molecule has 6 aromatic rings. The second-order valence-corrected chi connectivity index (χ2v) is 18.5. The number of aromatic hydroxyl groups is 2. The van der Waals surface area contributed by atoms with E-state index in [-0.39, 0.29) is 65.2 Å². The molecule has 6 aromatic carbocycles. The molecular weight excluding hydrogens is 813 g/mol. The summed E-state index contributed by atoms with van der Waals surface area (Å²) in [6, 6.07) is 18.9. The monoisotopic (exact) mass is 842 g/mol. The fraction of sp³-hybridized carbons (Fsp3) is 0.0571. The molecule has 17 nitrogen and oxygen atoms in total. The van der Waals surface area contributed by atoms with Crippen molar-refractivity contribution in [2.45, 2.75) is 33.4 Å². The molecule has 6 rings (SSSR count). The van der Waals surface area contributed by atoms with Gasteiger partial charge in [0.2, 0.25) is 0 Å². The van der Waals surface area contributed by atoms with Gasteiger partial charge in [-0.3, -0.25) is 18.5 Å². The van der Waals surface area contributed by atoms with Gasteiger partial charge < -0.3 is 20.8 Å². The summed E-state index contributed by atoms with van der Waals surface area (Å²) in [6.45, 7) is 2.94. The zero-order valence-corrected chi connectivity index (χ0v) is 32.1. The Labute approximate surface area is 320 Å². The van der Waals surface area contributed by atoms with Crippen molar-refractivity contribution in [1.82, 2.24) is 0 Å². The van der Waals surface area contributed by atoms with E-state index < -0.39 is 67.6 Å². The highest BCUT2D eigenvalue weighted by Gasteiger charge is 2.25. The maximum Gasteiger partial charge on any atom is 0.323 e. The number of phenolic OH excluding ortho intramolecular Hbond substituents is 2. The number of aryl methyl sites for hydroxylation is 2. The van der Waals surface area contributed by atoms with E-state index in [0.717, 1.165) is 24.3 Å². The van der Waals surface area contributed by atoms with E-state index in [2.05, 4.69) is 20.1 Å². The van der Waals surface area contributed by atoms with E-state index in [1.54, 1.807) is 0 Å². The number of sulfonamides is 2. The Morgan fingerprint density at radius 2 is 0.875 bits per heavy atom. The maximum atomic E-state index is 13.7. The van der Waals surface area contributed by atoms with Crippen LogP contribution in [0.2, 0.25) is 0 Å². The minimum absolute atomic E-state index is 0.0202. The average molecular weight is 843 g/mol. The zero-order valence-electron chi connectivity index (χ0n) is 28.8. The molecule has 0 bridgehead atoms. The Kier molecular flexibility index (Phi) is 10.1. The molecule has 0 aliphatic rings. The molecule has 0 aliphatic heterocycles. The molecule has 0 saturated heterocycles. The lowest BCUT2D eigenvalue weighted by molar-refractivity contribution is 0.262. The minimum atomic E-state index is -4.91. The highest BCUT2D eigenvalue weighted by molar-refractivity contribution is 7.93. The highest BCUT2D eigenvalue weighted by atomic mass is 32.2. The van der Waals surface area contributed by atoms with Gasteiger partial charge in [-0.25, -0.2) is 21.6 Å². The molecule has 0 spiro atoms. The molecule has 0 aromatic heterocycles. The number of carbonyl (C=O) groups is 1. The summed E-state index contributed by atoms with van der Waals surface area (Å²) in [5, 5.41) is 24.7. The molecule has 0 fully saturated rings. The number of fused-ring (bicyclic) bond motifs is 2. The zero-order chi connectivity index (χ0) is 41.0. The van der Waals surface area contributed by atoms with Crippen LogP contribution in [0.3, 0.4) is 0 Å². The molecule has 292 valence electrons. The van der Waals surface area contributed by atoms with Crippen molar-refractivity contribution in [2.24, 2.45) is 0 Å². The van der Waals surface area contributed by atoms with Crippen LogP contribution in [0, 0.1) is 13.8 Å². The summed E-state index contributed by atoms with van der Waals surface area (Å²) < 4.78 is 127. The van der Waals surface area contributed by atoms with Crippen LogP contribution in [0.15, 0.2) is 117 Å². The Morgan fingerprint density at radius 3 is 1.23 bits per heavy atom. The van der Waals surface area contributed by atoms with Gasteiger partial charge in [0.1, 0.15) is 21.3 Å². The summed E-state index contributed by atoms with van der Waals surface area (Å²) in [5.74, 6) is -0.975. The summed E-state index contributed by atoms with van der Waals surface area (Å²) in [6.07, 6.45) is 0. The Morgan fingerprint density at radius 1 is 0.500 bits per heavy atom. The van der Waals surface area contributed by atoms with Gasteiger partial charge in [-0.1, -0.05) is 36.4 Å². The second kappa shape index (κ2) is 14.3. The maximum absolute atomic E-state index is 13.7. The Bertz CT molecular complexity index is 2880. The molecule has 0 saturated carbocycles. The Balaban J connectivity index is 1.25. The largest absolute Gasteiger partial charge is 0.508 e. The van der Waals surface area contributed by atoms with Crippen molar-refractivity contribution in [3.63, 3.8) is 0 Å². The van der Waals surface area contributed by atoms with Crippen molar-refractivity contribution in [3.05, 3.63) is 108 Å². The van der Waals surface area contributed by atoms with Gasteiger partial charge in [-0.15, -0.1) is 0 Å². The number of anilines is 4. The molecule has 56 heavy (non-hydrogen) atoms. The highest BCUT2D eigenvalue weighted by Crippen LogP contribution is 2.37. The molecular formula is C35H30N4O13S4. The predicted molar refractivity (Wildman–Crippen MR) is 207 cm³/mol. The summed E-state index contributed by atoms with van der Waals surface area (Å²) in [5.41, 5.74) is -0.0537. The number of rotatable bonds is 10. The van der Waals surface area contributed by atoms with Gasteiger partial charge in [0.15, 0.2) is 0 Å². The van der Waals surface area contributed by atoms with Gasteiger partial charge in [0, 0.05) is 34.3 Å². The molecule has 2 amide bonds.